The van der Waals surface area contributed by atoms with Crippen molar-refractivity contribution in [2.24, 2.45) is 23.2 Å². The van der Waals surface area contributed by atoms with Crippen molar-refractivity contribution < 1.29 is 23.2 Å². The van der Waals surface area contributed by atoms with Gasteiger partial charge in [-0.3, -0.25) is 0 Å². The minimum absolute atomic E-state index is 0.00539. The van der Waals surface area contributed by atoms with Crippen molar-refractivity contribution in [1.29, 1.82) is 0 Å². The van der Waals surface area contributed by atoms with Gasteiger partial charge in [-0.05, 0) is 113 Å². The number of carbonyl (C=O) groups excluding carboxylic acids is 1. The van der Waals surface area contributed by atoms with E-state index in [2.05, 4.69) is 118 Å². The van der Waals surface area contributed by atoms with Crippen molar-refractivity contribution in [3.8, 4) is 5.75 Å². The number of nitrogens with zero attached hydrogens (tertiary/aromatic N) is 3. The largest absolute Gasteiger partial charge is 0.493 e. The molecule has 8 nitrogen and oxygen atoms in total. The topological polar surface area (TPSA) is 77.3 Å². The highest BCUT2D eigenvalue weighted by atomic mass is 28.3. The van der Waals surface area contributed by atoms with Crippen LogP contribution in [0.15, 0.2) is 77.3 Å². The van der Waals surface area contributed by atoms with E-state index >= 15 is 0 Å². The van der Waals surface area contributed by atoms with E-state index < -0.39 is 14.6 Å². The molecule has 0 bridgehead atoms. The molecule has 1 aromatic heterocycles. The Morgan fingerprint density at radius 3 is 2.15 bits per heavy atom. The Hall–Kier alpha value is -3.66. The quantitative estimate of drug-likeness (QED) is 0.133. The van der Waals surface area contributed by atoms with E-state index in [9.17, 15) is 4.79 Å². The average Bonchev–Trinajstić information content (AvgIpc) is 3.74. The molecule has 1 amide bonds. The molecule has 3 aromatic carbocycles. The maximum Gasteiger partial charge on any atom is 0.410 e. The predicted molar refractivity (Wildman–Crippen MR) is 211 cm³/mol. The molecule has 6 rings (SSSR count). The predicted octanol–water partition coefficient (Wildman–Crippen LogP) is 7.45. The summed E-state index contributed by atoms with van der Waals surface area (Å²) in [5.41, 5.74) is 2.39. The van der Waals surface area contributed by atoms with E-state index in [0.717, 1.165) is 73.2 Å². The van der Waals surface area contributed by atoms with Gasteiger partial charge < -0.3 is 28.2 Å². The molecule has 1 saturated carbocycles. The van der Waals surface area contributed by atoms with Gasteiger partial charge >= 0.3 is 6.09 Å². The normalized spacial score (nSPS) is 19.0. The fourth-order valence-electron chi connectivity index (χ4n) is 7.67. The van der Waals surface area contributed by atoms with E-state index in [4.69, 9.17) is 18.4 Å². The zero-order valence-electron chi connectivity index (χ0n) is 32.6. The monoisotopic (exact) mass is 725 g/mol. The molecule has 2 fully saturated rings. The van der Waals surface area contributed by atoms with Crippen molar-refractivity contribution in [2.75, 3.05) is 33.8 Å². The van der Waals surface area contributed by atoms with Crippen LogP contribution in [-0.2, 0) is 22.1 Å². The number of carbonyl (C=O) groups is 1. The first-order valence-electron chi connectivity index (χ1n) is 19.2. The SMILES string of the molecule is CN(C)Cc1c(OC[C@@H]2C[C@@H]2C(O[SiH](c2ccccc2)c2ccccc2)C(C)(C)C)ccc2c(CCC3CCN(C(=O)OC(C)(C)C)CC3)noc12. The molecular formula is C43H59N3O5Si. The second kappa shape index (κ2) is 16.1. The molecule has 4 aromatic rings. The second-order valence-electron chi connectivity index (χ2n) is 17.3. The maximum absolute atomic E-state index is 12.5. The third kappa shape index (κ3) is 9.65. The fraction of sp³-hybridized carbons (Fsp3) is 0.535. The molecule has 1 unspecified atom stereocenters. The number of rotatable bonds is 13. The van der Waals surface area contributed by atoms with Crippen LogP contribution >= 0.6 is 0 Å². The number of aromatic nitrogens is 1. The molecule has 280 valence electrons. The lowest BCUT2D eigenvalue weighted by Crippen LogP contribution is -2.50. The third-order valence-corrected chi connectivity index (χ3v) is 13.0. The summed E-state index contributed by atoms with van der Waals surface area (Å²) in [6.07, 6.45) is 4.83. The molecule has 1 aliphatic heterocycles. The Balaban J connectivity index is 1.10. The molecule has 9 heteroatoms. The van der Waals surface area contributed by atoms with Gasteiger partial charge in [0.25, 0.3) is 0 Å². The van der Waals surface area contributed by atoms with Crippen molar-refractivity contribution >= 4 is 36.5 Å². The van der Waals surface area contributed by atoms with Crippen LogP contribution in [0.5, 0.6) is 5.75 Å². The molecule has 0 N–H and O–H groups in total. The Morgan fingerprint density at radius 1 is 0.942 bits per heavy atom. The lowest BCUT2D eigenvalue weighted by atomic mass is 9.85. The van der Waals surface area contributed by atoms with E-state index in [0.29, 0.717) is 30.9 Å². The number of piperidine rings is 1. The molecule has 3 atom stereocenters. The highest BCUT2D eigenvalue weighted by Crippen LogP contribution is 2.48. The lowest BCUT2D eigenvalue weighted by molar-refractivity contribution is 0.0181. The summed E-state index contributed by atoms with van der Waals surface area (Å²) in [5.74, 6) is 2.29. The molecule has 2 heterocycles. The number of likely N-dealkylation sites (tertiary alicyclic amines) is 1. The molecular weight excluding hydrogens is 667 g/mol. The molecule has 0 spiro atoms. The van der Waals surface area contributed by atoms with Crippen LogP contribution in [0.25, 0.3) is 11.0 Å². The third-order valence-electron chi connectivity index (χ3n) is 10.5. The highest BCUT2D eigenvalue weighted by Gasteiger charge is 2.49. The number of amides is 1. The summed E-state index contributed by atoms with van der Waals surface area (Å²) in [7, 11) is 2.25. The number of hydrogen-bond acceptors (Lipinski definition) is 7. The number of aryl methyl sites for hydroxylation is 1. The first-order chi connectivity index (χ1) is 24.8. The summed E-state index contributed by atoms with van der Waals surface area (Å²) in [4.78, 5) is 16.5. The minimum Gasteiger partial charge on any atom is -0.493 e. The minimum atomic E-state index is -1.90. The fourth-order valence-corrected chi connectivity index (χ4v) is 10.4. The van der Waals surface area contributed by atoms with Crippen molar-refractivity contribution in [3.05, 3.63) is 84.1 Å². The van der Waals surface area contributed by atoms with Crippen LogP contribution in [0, 0.1) is 23.2 Å². The van der Waals surface area contributed by atoms with Crippen molar-refractivity contribution in [3.63, 3.8) is 0 Å². The maximum atomic E-state index is 12.5. The summed E-state index contributed by atoms with van der Waals surface area (Å²) >= 11 is 0. The van der Waals surface area contributed by atoms with E-state index in [-0.39, 0.29) is 17.6 Å². The van der Waals surface area contributed by atoms with E-state index in [1.165, 1.54) is 10.4 Å². The van der Waals surface area contributed by atoms with Crippen LogP contribution in [-0.4, -0.2) is 75.6 Å². The molecule has 52 heavy (non-hydrogen) atoms. The summed E-state index contributed by atoms with van der Waals surface area (Å²) < 4.78 is 25.6. The average molecular weight is 726 g/mol. The number of ether oxygens (including phenoxy) is 2. The van der Waals surface area contributed by atoms with E-state index in [1.807, 2.05) is 25.7 Å². The van der Waals surface area contributed by atoms with Gasteiger partial charge in [-0.15, -0.1) is 0 Å². The second-order valence-corrected chi connectivity index (χ2v) is 19.7. The first kappa shape index (κ1) is 38.1. The summed E-state index contributed by atoms with van der Waals surface area (Å²) in [5, 5.41) is 8.27. The van der Waals surface area contributed by atoms with E-state index in [1.54, 1.807) is 0 Å². The lowest BCUT2D eigenvalue weighted by Gasteiger charge is -2.35. The molecule has 2 aliphatic rings. The zero-order valence-corrected chi connectivity index (χ0v) is 33.7. The van der Waals surface area contributed by atoms with Gasteiger partial charge in [-0.25, -0.2) is 4.79 Å². The van der Waals surface area contributed by atoms with Crippen LogP contribution in [0.1, 0.15) is 78.5 Å². The molecule has 1 saturated heterocycles. The van der Waals surface area contributed by atoms with Crippen LogP contribution in [0.2, 0.25) is 0 Å². The van der Waals surface area contributed by atoms with Crippen LogP contribution < -0.4 is 15.1 Å². The Bertz CT molecular complexity index is 1720. The van der Waals surface area contributed by atoms with Gasteiger partial charge in [-0.1, -0.05) is 86.6 Å². The standard InChI is InChI=1S/C43H59N3O5Si/c1-42(2,3)40(51-52(32-15-11-9-12-16-32)33-17-13-10-14-18-33)35-27-31(35)29-48-38-22-20-34-37(44-50-39(34)36(38)28-45(7)8)21-19-30-23-25-46(26-24-30)41(47)49-43(4,5)6/h9-18,20,22,30-31,35,40,52H,19,21,23-29H2,1-8H3/t31-,35-,40?/m0/s1. The van der Waals surface area contributed by atoms with Crippen LogP contribution in [0.3, 0.4) is 0 Å². The van der Waals surface area contributed by atoms with Crippen LogP contribution in [0.4, 0.5) is 4.79 Å². The Kier molecular flexibility index (Phi) is 11.8. The van der Waals surface area contributed by atoms with Gasteiger partial charge in [0.2, 0.25) is 9.04 Å². The zero-order chi connectivity index (χ0) is 37.0. The Labute approximate surface area is 312 Å². The van der Waals surface area contributed by atoms with Crippen molar-refractivity contribution in [2.45, 2.75) is 91.9 Å². The highest BCUT2D eigenvalue weighted by molar-refractivity contribution is 6.80. The van der Waals surface area contributed by atoms with Gasteiger partial charge in [-0.2, -0.15) is 0 Å². The van der Waals surface area contributed by atoms with Gasteiger partial charge in [0.1, 0.15) is 11.4 Å². The smallest absolute Gasteiger partial charge is 0.410 e. The first-order valence-corrected chi connectivity index (χ1v) is 20.8. The van der Waals surface area contributed by atoms with Gasteiger partial charge in [0, 0.05) is 25.0 Å². The Morgan fingerprint density at radius 2 is 1.58 bits per heavy atom. The van der Waals surface area contributed by atoms with Gasteiger partial charge in [0.05, 0.1) is 24.0 Å². The number of fused-ring (bicyclic) bond motifs is 1. The summed E-state index contributed by atoms with van der Waals surface area (Å²) in [6, 6.07) is 25.8. The summed E-state index contributed by atoms with van der Waals surface area (Å²) in [6.45, 7) is 15.5. The van der Waals surface area contributed by atoms with Crippen molar-refractivity contribution in [1.82, 2.24) is 15.0 Å². The number of hydrogen-bond donors (Lipinski definition) is 0. The number of benzene rings is 3. The molecule has 0 radical (unpaired) electrons. The van der Waals surface area contributed by atoms with Gasteiger partial charge in [0.15, 0.2) is 5.58 Å². The molecule has 1 aliphatic carbocycles.